The average Bonchev–Trinajstić information content (AvgIpc) is 2.68. The average molecular weight is 440 g/mol. The summed E-state index contributed by atoms with van der Waals surface area (Å²) in [7, 11) is 5.12. The number of ether oxygens (including phenoxy) is 3. The van der Waals surface area contributed by atoms with E-state index in [4.69, 9.17) is 14.2 Å². The Morgan fingerprint density at radius 3 is 1.12 bits per heavy atom. The fourth-order valence-electron chi connectivity index (χ4n) is 2.84. The van der Waals surface area contributed by atoms with Gasteiger partial charge >= 0.3 is 156 Å². The molecule has 0 aromatic heterocycles. The molecular formula is C21H21O3Sn. The van der Waals surface area contributed by atoms with Gasteiger partial charge in [0, 0.05) is 0 Å². The van der Waals surface area contributed by atoms with Crippen molar-refractivity contribution in [3.63, 3.8) is 0 Å². The third-order valence-electron chi connectivity index (χ3n) is 4.08. The summed E-state index contributed by atoms with van der Waals surface area (Å²) in [4.78, 5) is 0. The van der Waals surface area contributed by atoms with Gasteiger partial charge in [0.25, 0.3) is 0 Å². The van der Waals surface area contributed by atoms with E-state index in [2.05, 4.69) is 54.6 Å². The van der Waals surface area contributed by atoms with Crippen LogP contribution in [-0.2, 0) is 0 Å². The molecule has 3 aromatic rings. The molecule has 127 valence electrons. The van der Waals surface area contributed by atoms with E-state index >= 15 is 0 Å². The van der Waals surface area contributed by atoms with E-state index in [1.165, 1.54) is 10.7 Å². The molecule has 0 saturated heterocycles. The first-order chi connectivity index (χ1) is 12.2. The Morgan fingerprint density at radius 1 is 0.520 bits per heavy atom. The molecule has 0 amide bonds. The first-order valence-electron chi connectivity index (χ1n) is 8.05. The molecule has 0 fully saturated rings. The van der Waals surface area contributed by atoms with Crippen LogP contribution in [0.5, 0.6) is 17.2 Å². The molecule has 4 heteroatoms. The summed E-state index contributed by atoms with van der Waals surface area (Å²) in [5, 5.41) is 0. The Hall–Kier alpha value is -2.14. The van der Waals surface area contributed by atoms with E-state index in [0.717, 1.165) is 17.2 Å². The second-order valence-corrected chi connectivity index (χ2v) is 12.7. The fourth-order valence-corrected chi connectivity index (χ4v) is 10.4. The van der Waals surface area contributed by atoms with Gasteiger partial charge in [-0.1, -0.05) is 0 Å². The van der Waals surface area contributed by atoms with Crippen molar-refractivity contribution in [2.24, 2.45) is 0 Å². The predicted octanol–water partition coefficient (Wildman–Crippen LogP) is 2.23. The molecule has 0 spiro atoms. The molecule has 1 radical (unpaired) electrons. The Bertz CT molecular complexity index is 735. The van der Waals surface area contributed by atoms with Crippen molar-refractivity contribution in [2.75, 3.05) is 21.3 Å². The third-order valence-corrected chi connectivity index (χ3v) is 11.7. The maximum atomic E-state index is 5.45. The Morgan fingerprint density at radius 2 is 0.840 bits per heavy atom. The van der Waals surface area contributed by atoms with Gasteiger partial charge in [0.15, 0.2) is 0 Å². The second kappa shape index (κ2) is 8.30. The van der Waals surface area contributed by atoms with E-state index in [9.17, 15) is 0 Å². The van der Waals surface area contributed by atoms with E-state index in [1.807, 2.05) is 18.2 Å². The van der Waals surface area contributed by atoms with Gasteiger partial charge < -0.3 is 0 Å². The van der Waals surface area contributed by atoms with Crippen molar-refractivity contribution in [1.82, 2.24) is 0 Å². The van der Waals surface area contributed by atoms with Gasteiger partial charge in [-0.05, 0) is 0 Å². The van der Waals surface area contributed by atoms with Crippen LogP contribution in [0.4, 0.5) is 0 Å². The molecule has 0 aliphatic carbocycles. The van der Waals surface area contributed by atoms with Crippen molar-refractivity contribution < 1.29 is 14.2 Å². The van der Waals surface area contributed by atoms with Crippen LogP contribution in [-0.4, -0.2) is 41.1 Å². The van der Waals surface area contributed by atoms with Gasteiger partial charge in [0.2, 0.25) is 0 Å². The molecule has 3 nitrogen and oxygen atoms in total. The minimum absolute atomic E-state index is 0.890. The van der Waals surface area contributed by atoms with Crippen molar-refractivity contribution in [3.05, 3.63) is 72.8 Å². The van der Waals surface area contributed by atoms with Crippen LogP contribution in [0.2, 0.25) is 0 Å². The van der Waals surface area contributed by atoms with Gasteiger partial charge in [-0.2, -0.15) is 0 Å². The Balaban J connectivity index is 2.16. The Kier molecular flexibility index (Phi) is 5.86. The van der Waals surface area contributed by atoms with Crippen molar-refractivity contribution >= 4 is 30.5 Å². The van der Waals surface area contributed by atoms with Crippen molar-refractivity contribution in [1.29, 1.82) is 0 Å². The summed E-state index contributed by atoms with van der Waals surface area (Å²) in [6, 6.07) is 25.3. The zero-order valence-corrected chi connectivity index (χ0v) is 17.5. The SMILES string of the molecule is COc1ccc[c]([Sn]([c]2cccc(OC)c2)[c]2cccc(OC)c2)c1. The van der Waals surface area contributed by atoms with E-state index in [-0.39, 0.29) is 0 Å². The summed E-state index contributed by atoms with van der Waals surface area (Å²) in [5.74, 6) is 2.67. The van der Waals surface area contributed by atoms with Gasteiger partial charge in [-0.25, -0.2) is 0 Å². The van der Waals surface area contributed by atoms with Gasteiger partial charge in [-0.15, -0.1) is 0 Å². The van der Waals surface area contributed by atoms with E-state index in [0.29, 0.717) is 0 Å². The maximum absolute atomic E-state index is 5.45. The van der Waals surface area contributed by atoms with Crippen LogP contribution >= 0.6 is 0 Å². The van der Waals surface area contributed by atoms with E-state index in [1.54, 1.807) is 21.3 Å². The molecule has 0 unspecified atom stereocenters. The van der Waals surface area contributed by atoms with Crippen molar-refractivity contribution in [2.45, 2.75) is 0 Å². The number of hydrogen-bond donors (Lipinski definition) is 0. The first-order valence-corrected chi connectivity index (χ1v) is 12.3. The topological polar surface area (TPSA) is 27.7 Å². The summed E-state index contributed by atoms with van der Waals surface area (Å²) < 4.78 is 20.4. The molecule has 0 aliphatic rings. The van der Waals surface area contributed by atoms with Crippen LogP contribution in [0.3, 0.4) is 0 Å². The van der Waals surface area contributed by atoms with Crippen LogP contribution in [0, 0.1) is 0 Å². The molecule has 3 aromatic carbocycles. The van der Waals surface area contributed by atoms with Crippen LogP contribution in [0.15, 0.2) is 72.8 Å². The third kappa shape index (κ3) is 4.10. The summed E-state index contributed by atoms with van der Waals surface area (Å²) >= 11 is -2.39. The molecule has 0 aliphatic heterocycles. The zero-order chi connectivity index (χ0) is 17.6. The monoisotopic (exact) mass is 441 g/mol. The summed E-state index contributed by atoms with van der Waals surface area (Å²) in [5.41, 5.74) is 0. The molecule has 0 bridgehead atoms. The molecule has 25 heavy (non-hydrogen) atoms. The predicted molar refractivity (Wildman–Crippen MR) is 104 cm³/mol. The van der Waals surface area contributed by atoms with Gasteiger partial charge in [-0.3, -0.25) is 0 Å². The Labute approximate surface area is 155 Å². The van der Waals surface area contributed by atoms with Crippen LogP contribution in [0.1, 0.15) is 0 Å². The van der Waals surface area contributed by atoms with Crippen LogP contribution < -0.4 is 24.9 Å². The van der Waals surface area contributed by atoms with Crippen molar-refractivity contribution in [3.8, 4) is 17.2 Å². The number of rotatable bonds is 6. The number of methoxy groups -OCH3 is 3. The number of hydrogen-bond acceptors (Lipinski definition) is 3. The van der Waals surface area contributed by atoms with E-state index < -0.39 is 19.8 Å². The molecule has 3 rings (SSSR count). The van der Waals surface area contributed by atoms with Gasteiger partial charge in [0.1, 0.15) is 0 Å². The van der Waals surface area contributed by atoms with Crippen LogP contribution in [0.25, 0.3) is 0 Å². The molecule has 0 atom stereocenters. The second-order valence-electron chi connectivity index (χ2n) is 5.57. The summed E-state index contributed by atoms with van der Waals surface area (Å²) in [6.45, 7) is 0. The van der Waals surface area contributed by atoms with Gasteiger partial charge in [0.05, 0.1) is 0 Å². The standard InChI is InChI=1S/3C7H7O.Sn/c3*1-8-7-5-3-2-4-6-7;/h3*2-3,5-6H,1H3;. The number of benzene rings is 3. The molecule has 0 N–H and O–H groups in total. The normalized spacial score (nSPS) is 10.6. The minimum atomic E-state index is -2.39. The zero-order valence-electron chi connectivity index (χ0n) is 14.7. The molecule has 0 saturated carbocycles. The summed E-state index contributed by atoms with van der Waals surface area (Å²) in [6.07, 6.45) is 0. The quantitative estimate of drug-likeness (QED) is 0.551. The molecule has 0 heterocycles. The first kappa shape index (κ1) is 17.7. The fraction of sp³-hybridized carbons (Fsp3) is 0.143. The molecular weight excluding hydrogens is 419 g/mol.